The Hall–Kier alpha value is -0.0800. The minimum atomic E-state index is 1.04. The van der Waals surface area contributed by atoms with E-state index in [2.05, 4.69) is 62.5 Å². The van der Waals surface area contributed by atoms with E-state index in [1.54, 1.807) is 0 Å². The maximum absolute atomic E-state index is 4.06. The molecule has 1 aromatic carbocycles. The molecule has 1 rings (SSSR count). The Balaban J connectivity index is 2.17. The highest BCUT2D eigenvalue weighted by molar-refractivity contribution is 8.00. The van der Waals surface area contributed by atoms with Gasteiger partial charge in [0.25, 0.3) is 0 Å². The van der Waals surface area contributed by atoms with Crippen molar-refractivity contribution in [2.75, 3.05) is 11.5 Å². The Morgan fingerprint density at radius 2 is 0.789 bits per heavy atom. The van der Waals surface area contributed by atoms with Crippen LogP contribution in [0.1, 0.15) is 174 Å². The Bertz CT molecular complexity index is 565. The largest absolute Gasteiger partial charge is 0.126 e. The van der Waals surface area contributed by atoms with E-state index in [0.29, 0.717) is 0 Å². The molecule has 0 nitrogen and oxygen atoms in total. The van der Waals surface area contributed by atoms with E-state index in [4.69, 9.17) is 0 Å². The van der Waals surface area contributed by atoms with Crippen molar-refractivity contribution in [2.24, 2.45) is 0 Å². The number of aryl methyl sites for hydroxylation is 1. The summed E-state index contributed by atoms with van der Waals surface area (Å²) in [5.74, 6) is 2.55. The first kappa shape index (κ1) is 35.9. The van der Waals surface area contributed by atoms with Gasteiger partial charge in [0.1, 0.15) is 0 Å². The van der Waals surface area contributed by atoms with Crippen LogP contribution in [-0.2, 0) is 6.42 Å². The van der Waals surface area contributed by atoms with Crippen molar-refractivity contribution < 1.29 is 0 Å². The van der Waals surface area contributed by atoms with E-state index in [-0.39, 0.29) is 0 Å². The summed E-state index contributed by atoms with van der Waals surface area (Å²) in [5.41, 5.74) is 1.53. The van der Waals surface area contributed by atoms with Crippen LogP contribution in [0.25, 0.3) is 0 Å². The number of hydrogen-bond acceptors (Lipinski definition) is 2. The van der Waals surface area contributed by atoms with E-state index in [0.717, 1.165) is 6.42 Å². The second-order valence-electron chi connectivity index (χ2n) is 11.5. The van der Waals surface area contributed by atoms with Crippen LogP contribution in [0.3, 0.4) is 0 Å². The molecule has 0 unspecified atom stereocenters. The molecule has 1 radical (unpaired) electrons. The van der Waals surface area contributed by atoms with Gasteiger partial charge in [0.15, 0.2) is 0 Å². The molecule has 0 aromatic heterocycles. The lowest BCUT2D eigenvalue weighted by molar-refractivity contribution is 0.555. The van der Waals surface area contributed by atoms with E-state index >= 15 is 0 Å². The van der Waals surface area contributed by atoms with Crippen LogP contribution in [0, 0.1) is 6.92 Å². The first-order chi connectivity index (χ1) is 18.8. The third-order valence-corrected chi connectivity index (χ3v) is 9.81. The van der Waals surface area contributed by atoms with Crippen LogP contribution in [0.4, 0.5) is 0 Å². The number of rotatable bonds is 29. The first-order valence-electron chi connectivity index (χ1n) is 17.0. The lowest BCUT2D eigenvalue weighted by Gasteiger charge is -2.10. The fraction of sp³-hybridized carbons (Fsp3) is 0.806. The molecule has 2 heteroatoms. The van der Waals surface area contributed by atoms with Crippen LogP contribution < -0.4 is 0 Å². The molecule has 1 aromatic rings. The fourth-order valence-corrected chi connectivity index (χ4v) is 7.32. The molecule has 0 saturated carbocycles. The van der Waals surface area contributed by atoms with Gasteiger partial charge < -0.3 is 0 Å². The topological polar surface area (TPSA) is 0 Å². The summed E-state index contributed by atoms with van der Waals surface area (Å²) in [7, 11) is 0. The van der Waals surface area contributed by atoms with Crippen molar-refractivity contribution in [1.29, 1.82) is 0 Å². The normalized spacial score (nSPS) is 11.4. The van der Waals surface area contributed by atoms with Gasteiger partial charge >= 0.3 is 0 Å². The molecule has 0 spiro atoms. The predicted molar refractivity (Wildman–Crippen MR) is 179 cm³/mol. The smallest absolute Gasteiger partial charge is 0.00858 e. The molecule has 0 atom stereocenters. The molecule has 38 heavy (non-hydrogen) atoms. The third kappa shape index (κ3) is 22.7. The average molecular weight is 562 g/mol. The summed E-state index contributed by atoms with van der Waals surface area (Å²) < 4.78 is 0. The molecule has 0 aliphatic carbocycles. The average Bonchev–Trinajstić information content (AvgIpc) is 2.93. The second-order valence-corrected chi connectivity index (χ2v) is 13.9. The highest BCUT2D eigenvalue weighted by Gasteiger charge is 2.04. The van der Waals surface area contributed by atoms with Gasteiger partial charge in [-0.2, -0.15) is 0 Å². The molecule has 0 heterocycles. The number of hydrogen-bond donors (Lipinski definition) is 0. The zero-order valence-corrected chi connectivity index (χ0v) is 27.5. The predicted octanol–water partition coefficient (Wildman–Crippen LogP) is 13.6. The third-order valence-electron chi connectivity index (χ3n) is 7.69. The molecule has 0 fully saturated rings. The zero-order valence-electron chi connectivity index (χ0n) is 25.8. The molecule has 0 aliphatic heterocycles. The van der Waals surface area contributed by atoms with Gasteiger partial charge in [-0.05, 0) is 61.0 Å². The van der Waals surface area contributed by atoms with E-state index < -0.39 is 0 Å². The summed E-state index contributed by atoms with van der Waals surface area (Å²) in [6, 6.07) is 7.40. The Morgan fingerprint density at radius 3 is 1.13 bits per heavy atom. The Labute approximate surface area is 249 Å². The van der Waals surface area contributed by atoms with Crippen molar-refractivity contribution in [3.05, 3.63) is 30.7 Å². The summed E-state index contributed by atoms with van der Waals surface area (Å²) in [6.45, 7) is 8.67. The summed E-state index contributed by atoms with van der Waals surface area (Å²) in [4.78, 5) is 3.00. The van der Waals surface area contributed by atoms with Crippen LogP contribution >= 0.6 is 23.5 Å². The fourth-order valence-electron chi connectivity index (χ4n) is 5.18. The number of unbranched alkanes of at least 4 members (excludes halogenated alkanes) is 21. The highest BCUT2D eigenvalue weighted by atomic mass is 32.2. The maximum Gasteiger partial charge on any atom is 0.00858 e. The lowest BCUT2D eigenvalue weighted by Crippen LogP contribution is -1.90. The van der Waals surface area contributed by atoms with E-state index in [1.165, 1.54) is 181 Å². The Morgan fingerprint density at radius 1 is 0.447 bits per heavy atom. The summed E-state index contributed by atoms with van der Waals surface area (Å²) in [6.07, 6.45) is 34.8. The first-order valence-corrected chi connectivity index (χ1v) is 19.0. The van der Waals surface area contributed by atoms with Crippen molar-refractivity contribution in [1.82, 2.24) is 0 Å². The molecule has 0 amide bonds. The van der Waals surface area contributed by atoms with Crippen molar-refractivity contribution in [3.63, 3.8) is 0 Å². The molecular formula is C36H65S2. The zero-order chi connectivity index (χ0) is 27.4. The molecular weight excluding hydrogens is 497 g/mol. The van der Waals surface area contributed by atoms with Crippen molar-refractivity contribution in [3.8, 4) is 0 Å². The van der Waals surface area contributed by atoms with Crippen molar-refractivity contribution >= 4 is 23.5 Å². The van der Waals surface area contributed by atoms with Crippen LogP contribution in [-0.4, -0.2) is 11.5 Å². The van der Waals surface area contributed by atoms with Crippen LogP contribution in [0.5, 0.6) is 0 Å². The van der Waals surface area contributed by atoms with Gasteiger partial charge in [-0.15, -0.1) is 23.5 Å². The monoisotopic (exact) mass is 561 g/mol. The number of thioether (sulfide) groups is 2. The van der Waals surface area contributed by atoms with Gasteiger partial charge in [-0.3, -0.25) is 0 Å². The van der Waals surface area contributed by atoms with Gasteiger partial charge in [-0.25, -0.2) is 0 Å². The van der Waals surface area contributed by atoms with Crippen molar-refractivity contribution in [2.45, 2.75) is 184 Å². The molecule has 0 saturated heterocycles. The minimum absolute atomic E-state index is 1.04. The molecule has 0 aliphatic rings. The van der Waals surface area contributed by atoms with Crippen LogP contribution in [0.2, 0.25) is 0 Å². The van der Waals surface area contributed by atoms with E-state index in [9.17, 15) is 0 Å². The van der Waals surface area contributed by atoms with Gasteiger partial charge in [0.2, 0.25) is 0 Å². The van der Waals surface area contributed by atoms with Gasteiger partial charge in [0.05, 0.1) is 0 Å². The molecule has 0 N–H and O–H groups in total. The van der Waals surface area contributed by atoms with Gasteiger partial charge in [-0.1, -0.05) is 156 Å². The summed E-state index contributed by atoms with van der Waals surface area (Å²) >= 11 is 4.19. The SMILES string of the molecule is [CH2]CCCc1cc(SCCCCCCCCCCCCC)cc(SCCCCCCCCCCCCC)c1. The second kappa shape index (κ2) is 28.4. The maximum atomic E-state index is 4.06. The molecule has 221 valence electrons. The lowest BCUT2D eigenvalue weighted by atomic mass is 10.1. The highest BCUT2D eigenvalue weighted by Crippen LogP contribution is 2.29. The minimum Gasteiger partial charge on any atom is -0.126 e. The quantitative estimate of drug-likeness (QED) is 0.0704. The van der Waals surface area contributed by atoms with Gasteiger partial charge in [0, 0.05) is 9.79 Å². The van der Waals surface area contributed by atoms with E-state index in [1.807, 2.05) is 0 Å². The standard InChI is InChI=1S/C36H65S2/c1-4-7-10-12-14-16-18-20-22-24-26-29-37-35-31-34(28-9-6-3)32-36(33-35)38-30-27-25-23-21-19-17-15-13-11-8-5-2/h31-33H,3-30H2,1-2H3. The number of benzene rings is 1. The Kier molecular flexibility index (Phi) is 26.9. The molecule has 0 bridgehead atoms. The summed E-state index contributed by atoms with van der Waals surface area (Å²) in [5, 5.41) is 0. The van der Waals surface area contributed by atoms with Crippen LogP contribution in [0.15, 0.2) is 28.0 Å².